The number of rotatable bonds is 6. The second-order valence-corrected chi connectivity index (χ2v) is 6.10. The summed E-state index contributed by atoms with van der Waals surface area (Å²) in [5.41, 5.74) is 1.92. The van der Waals surface area contributed by atoms with E-state index in [0.29, 0.717) is 11.5 Å². The molecule has 0 saturated heterocycles. The average Bonchev–Trinajstić information content (AvgIpc) is 2.28. The second-order valence-electron chi connectivity index (χ2n) is 4.25. The molecule has 4 nitrogen and oxygen atoms in total. The lowest BCUT2D eigenvalue weighted by Crippen LogP contribution is -2.17. The number of benzene rings is 1. The minimum atomic E-state index is -1.22. The first-order valence-corrected chi connectivity index (χ1v) is 7.04. The van der Waals surface area contributed by atoms with Gasteiger partial charge in [-0.2, -0.15) is 0 Å². The van der Waals surface area contributed by atoms with Crippen LogP contribution < -0.4 is 4.74 Å². The van der Waals surface area contributed by atoms with E-state index in [1.54, 1.807) is 14.0 Å². The Morgan fingerprint density at radius 1 is 1.50 bits per heavy atom. The summed E-state index contributed by atoms with van der Waals surface area (Å²) in [6, 6.07) is 5.68. The van der Waals surface area contributed by atoms with Gasteiger partial charge in [-0.05, 0) is 13.0 Å². The Balaban J connectivity index is 2.80. The molecule has 0 heterocycles. The highest BCUT2D eigenvalue weighted by Crippen LogP contribution is 2.22. The quantitative estimate of drug-likeness (QED) is 0.860. The third-order valence-electron chi connectivity index (χ3n) is 2.64. The highest BCUT2D eigenvalue weighted by Gasteiger charge is 2.17. The summed E-state index contributed by atoms with van der Waals surface area (Å²) in [5.74, 6) is 0.0859. The monoisotopic (exact) mass is 270 g/mol. The van der Waals surface area contributed by atoms with E-state index in [-0.39, 0.29) is 11.7 Å². The first kappa shape index (κ1) is 14.7. The fourth-order valence-corrected chi connectivity index (χ4v) is 2.80. The predicted octanol–water partition coefficient (Wildman–Crippen LogP) is 2.12. The van der Waals surface area contributed by atoms with Crippen molar-refractivity contribution in [1.29, 1.82) is 0 Å². The number of methoxy groups -OCH3 is 1. The lowest BCUT2D eigenvalue weighted by atomic mass is 10.1. The highest BCUT2D eigenvalue weighted by molar-refractivity contribution is 7.84. The van der Waals surface area contributed by atoms with Crippen LogP contribution in [-0.2, 0) is 21.3 Å². The van der Waals surface area contributed by atoms with Crippen LogP contribution >= 0.6 is 0 Å². The predicted molar refractivity (Wildman–Crippen MR) is 71.3 cm³/mol. The third kappa shape index (κ3) is 4.14. The lowest BCUT2D eigenvalue weighted by molar-refractivity contribution is -0.136. The molecule has 0 aromatic heterocycles. The molecule has 2 unspecified atom stereocenters. The molecule has 2 atom stereocenters. The minimum absolute atomic E-state index is 0.0826. The van der Waals surface area contributed by atoms with Crippen LogP contribution in [-0.4, -0.2) is 27.6 Å². The molecule has 1 aromatic carbocycles. The average molecular weight is 270 g/mol. The topological polar surface area (TPSA) is 63.6 Å². The van der Waals surface area contributed by atoms with E-state index in [1.165, 1.54) is 0 Å². The summed E-state index contributed by atoms with van der Waals surface area (Å²) in [6.45, 7) is 3.64. The van der Waals surface area contributed by atoms with Gasteiger partial charge in [-0.25, -0.2) is 0 Å². The van der Waals surface area contributed by atoms with Gasteiger partial charge in [0.25, 0.3) is 0 Å². The van der Waals surface area contributed by atoms with Crippen molar-refractivity contribution in [2.45, 2.75) is 31.3 Å². The molecular weight excluding hydrogens is 252 g/mol. The Morgan fingerprint density at radius 3 is 2.72 bits per heavy atom. The molecule has 1 N–H and O–H groups in total. The molecule has 0 radical (unpaired) electrons. The van der Waals surface area contributed by atoms with Crippen molar-refractivity contribution in [3.63, 3.8) is 0 Å². The zero-order valence-corrected chi connectivity index (χ0v) is 11.6. The van der Waals surface area contributed by atoms with Crippen LogP contribution in [0.15, 0.2) is 18.2 Å². The van der Waals surface area contributed by atoms with Gasteiger partial charge in [0.1, 0.15) is 5.75 Å². The molecule has 0 bridgehead atoms. The molecule has 0 spiro atoms. The standard InChI is InChI=1S/C13H18O4S/c1-9-4-5-12(17-3)11(6-9)8-18(16)10(2)7-13(14)15/h4-6,10H,7-8H2,1-3H3,(H,14,15). The summed E-state index contributed by atoms with van der Waals surface area (Å²) in [5, 5.41) is 8.32. The number of carbonyl (C=O) groups is 1. The molecule has 0 aliphatic carbocycles. The summed E-state index contributed by atoms with van der Waals surface area (Å²) in [6.07, 6.45) is -0.0826. The van der Waals surface area contributed by atoms with Crippen molar-refractivity contribution in [1.82, 2.24) is 0 Å². The summed E-state index contributed by atoms with van der Waals surface area (Å²) in [4.78, 5) is 10.6. The van der Waals surface area contributed by atoms with E-state index in [4.69, 9.17) is 9.84 Å². The van der Waals surface area contributed by atoms with Crippen molar-refractivity contribution in [2.24, 2.45) is 0 Å². The van der Waals surface area contributed by atoms with Crippen molar-refractivity contribution in [2.75, 3.05) is 7.11 Å². The molecule has 0 amide bonds. The van der Waals surface area contributed by atoms with E-state index in [1.807, 2.05) is 25.1 Å². The third-order valence-corrected chi connectivity index (χ3v) is 4.30. The van der Waals surface area contributed by atoms with E-state index in [0.717, 1.165) is 11.1 Å². The number of ether oxygens (including phenoxy) is 1. The van der Waals surface area contributed by atoms with Gasteiger partial charge in [-0.15, -0.1) is 0 Å². The lowest BCUT2D eigenvalue weighted by Gasteiger charge is -2.12. The molecule has 0 aliphatic heterocycles. The van der Waals surface area contributed by atoms with Crippen LogP contribution in [0.25, 0.3) is 0 Å². The molecule has 1 aromatic rings. The zero-order valence-electron chi connectivity index (χ0n) is 10.8. The normalized spacial score (nSPS) is 13.9. The number of aliphatic carboxylic acids is 1. The molecule has 18 heavy (non-hydrogen) atoms. The van der Waals surface area contributed by atoms with Gasteiger partial charge in [0, 0.05) is 21.6 Å². The fourth-order valence-electron chi connectivity index (χ4n) is 1.65. The van der Waals surface area contributed by atoms with Crippen molar-refractivity contribution >= 4 is 16.8 Å². The second kappa shape index (κ2) is 6.54. The molecule has 1 rings (SSSR count). The first-order chi connectivity index (χ1) is 8.43. The van der Waals surface area contributed by atoms with Crippen LogP contribution in [0.3, 0.4) is 0 Å². The molecule has 0 fully saturated rings. The SMILES string of the molecule is COc1ccc(C)cc1CS(=O)C(C)CC(=O)O. The molecular formula is C13H18O4S. The van der Waals surface area contributed by atoms with Crippen LogP contribution in [0.2, 0.25) is 0 Å². The largest absolute Gasteiger partial charge is 0.496 e. The van der Waals surface area contributed by atoms with Crippen molar-refractivity contribution in [3.8, 4) is 5.75 Å². The number of carboxylic acids is 1. The Morgan fingerprint density at radius 2 is 2.17 bits per heavy atom. The van der Waals surface area contributed by atoms with Crippen LogP contribution in [0, 0.1) is 6.92 Å². The van der Waals surface area contributed by atoms with Gasteiger partial charge in [0.05, 0.1) is 19.3 Å². The maximum Gasteiger partial charge on any atom is 0.304 e. The van der Waals surface area contributed by atoms with Crippen molar-refractivity contribution < 1.29 is 18.8 Å². The Hall–Kier alpha value is -1.36. The number of hydrogen-bond donors (Lipinski definition) is 1. The summed E-state index contributed by atoms with van der Waals surface area (Å²) >= 11 is 0. The van der Waals surface area contributed by atoms with Gasteiger partial charge >= 0.3 is 5.97 Å². The zero-order chi connectivity index (χ0) is 13.7. The van der Waals surface area contributed by atoms with Gasteiger partial charge in [0.2, 0.25) is 0 Å². The Bertz CT molecular complexity index is 456. The molecule has 5 heteroatoms. The van der Waals surface area contributed by atoms with Gasteiger partial charge < -0.3 is 9.84 Å². The van der Waals surface area contributed by atoms with E-state index < -0.39 is 16.8 Å². The first-order valence-electron chi connectivity index (χ1n) is 5.66. The molecule has 100 valence electrons. The van der Waals surface area contributed by atoms with Crippen LogP contribution in [0.4, 0.5) is 0 Å². The van der Waals surface area contributed by atoms with E-state index in [2.05, 4.69) is 0 Å². The van der Waals surface area contributed by atoms with Gasteiger partial charge in [-0.3, -0.25) is 9.00 Å². The highest BCUT2D eigenvalue weighted by atomic mass is 32.2. The number of hydrogen-bond acceptors (Lipinski definition) is 3. The van der Waals surface area contributed by atoms with Crippen LogP contribution in [0.1, 0.15) is 24.5 Å². The fraction of sp³-hybridized carbons (Fsp3) is 0.462. The Labute approximate surface area is 109 Å². The molecule has 0 aliphatic rings. The van der Waals surface area contributed by atoms with E-state index >= 15 is 0 Å². The van der Waals surface area contributed by atoms with Crippen LogP contribution in [0.5, 0.6) is 5.75 Å². The van der Waals surface area contributed by atoms with Gasteiger partial charge in [0.15, 0.2) is 0 Å². The van der Waals surface area contributed by atoms with Gasteiger partial charge in [-0.1, -0.05) is 24.6 Å². The minimum Gasteiger partial charge on any atom is -0.496 e. The number of carboxylic acid groups (broad SMARTS) is 1. The smallest absolute Gasteiger partial charge is 0.304 e. The number of aryl methyl sites for hydroxylation is 1. The van der Waals surface area contributed by atoms with Crippen molar-refractivity contribution in [3.05, 3.63) is 29.3 Å². The Kier molecular flexibility index (Phi) is 5.34. The summed E-state index contributed by atoms with van der Waals surface area (Å²) in [7, 11) is 0.350. The summed E-state index contributed by atoms with van der Waals surface area (Å²) < 4.78 is 17.2. The molecule has 0 saturated carbocycles. The maximum atomic E-state index is 12.0. The maximum absolute atomic E-state index is 12.0. The van der Waals surface area contributed by atoms with E-state index in [9.17, 15) is 9.00 Å².